The molecule has 0 saturated carbocycles. The van der Waals surface area contributed by atoms with E-state index in [1.54, 1.807) is 22.0 Å². The lowest BCUT2D eigenvalue weighted by Crippen LogP contribution is -2.27. The Kier molecular flexibility index (Phi) is 8.23. The number of rotatable bonds is 14. The van der Waals surface area contributed by atoms with E-state index >= 15 is 0 Å². The van der Waals surface area contributed by atoms with Gasteiger partial charge < -0.3 is 9.47 Å². The molecule has 0 aliphatic heterocycles. The van der Waals surface area contributed by atoms with Crippen molar-refractivity contribution in [2.24, 2.45) is 0 Å². The van der Waals surface area contributed by atoms with Gasteiger partial charge in [-0.25, -0.2) is 9.36 Å². The molecule has 0 amide bonds. The summed E-state index contributed by atoms with van der Waals surface area (Å²) in [6.07, 6.45) is 8.09. The third kappa shape index (κ3) is 7.30. The molecular weight excluding hydrogens is 348 g/mol. The summed E-state index contributed by atoms with van der Waals surface area (Å²) in [6.45, 7) is 11.4. The predicted molar refractivity (Wildman–Crippen MR) is 99.0 cm³/mol. The topological polar surface area (TPSA) is 106 Å². The van der Waals surface area contributed by atoms with Crippen LogP contribution in [0.1, 0.15) is 59.8 Å². The van der Waals surface area contributed by atoms with Gasteiger partial charge in [-0.1, -0.05) is 0 Å². The van der Waals surface area contributed by atoms with Gasteiger partial charge in [-0.2, -0.15) is 0 Å². The van der Waals surface area contributed by atoms with Gasteiger partial charge in [0, 0.05) is 26.4 Å². The van der Waals surface area contributed by atoms with Crippen LogP contribution < -0.4 is 0 Å². The van der Waals surface area contributed by atoms with Crippen LogP contribution in [0, 0.1) is 0 Å². The first-order valence-electron chi connectivity index (χ1n) is 9.54. The fraction of sp³-hybridized carbons (Fsp3) is 0.882. The van der Waals surface area contributed by atoms with Gasteiger partial charge in [0.25, 0.3) is 0 Å². The molecule has 0 N–H and O–H groups in total. The number of tetrazole rings is 2. The molecule has 0 aromatic carbocycles. The van der Waals surface area contributed by atoms with Crippen LogP contribution >= 0.6 is 0 Å². The summed E-state index contributed by atoms with van der Waals surface area (Å²) in [7, 11) is 0. The van der Waals surface area contributed by atoms with E-state index in [9.17, 15) is 0 Å². The van der Waals surface area contributed by atoms with E-state index in [-0.39, 0.29) is 11.1 Å². The van der Waals surface area contributed by atoms with Crippen molar-refractivity contribution < 1.29 is 9.47 Å². The standard InChI is InChI=1S/C17H32N8O2/c1-16(2,24-14-18-20-22-24)8-5-10-26-12-7-13-27-11-6-9-17(3,4)25-15-19-21-23-25/h14-15H,5-13H2,1-4H3. The van der Waals surface area contributed by atoms with E-state index in [0.29, 0.717) is 0 Å². The van der Waals surface area contributed by atoms with E-state index in [0.717, 1.165) is 58.5 Å². The first-order valence-corrected chi connectivity index (χ1v) is 9.54. The van der Waals surface area contributed by atoms with Crippen molar-refractivity contribution in [1.29, 1.82) is 0 Å². The highest BCUT2D eigenvalue weighted by atomic mass is 16.5. The Morgan fingerprint density at radius 1 is 0.667 bits per heavy atom. The largest absolute Gasteiger partial charge is 0.381 e. The molecule has 0 saturated heterocycles. The molecule has 0 radical (unpaired) electrons. The van der Waals surface area contributed by atoms with Crippen LogP contribution in [0.15, 0.2) is 12.7 Å². The molecule has 152 valence electrons. The van der Waals surface area contributed by atoms with Gasteiger partial charge >= 0.3 is 0 Å². The van der Waals surface area contributed by atoms with E-state index in [2.05, 4.69) is 58.7 Å². The van der Waals surface area contributed by atoms with Crippen molar-refractivity contribution in [3.63, 3.8) is 0 Å². The number of nitrogens with zero attached hydrogens (tertiary/aromatic N) is 8. The van der Waals surface area contributed by atoms with Crippen molar-refractivity contribution in [1.82, 2.24) is 40.4 Å². The van der Waals surface area contributed by atoms with Gasteiger partial charge in [-0.3, -0.25) is 0 Å². The lowest BCUT2D eigenvalue weighted by atomic mass is 9.99. The average molecular weight is 380 g/mol. The molecule has 2 heterocycles. The number of ether oxygens (including phenoxy) is 2. The number of aromatic nitrogens is 8. The molecule has 2 aromatic rings. The van der Waals surface area contributed by atoms with Crippen LogP contribution in [0.4, 0.5) is 0 Å². The zero-order valence-corrected chi connectivity index (χ0v) is 16.9. The number of hydrogen-bond donors (Lipinski definition) is 0. The Morgan fingerprint density at radius 2 is 1.07 bits per heavy atom. The van der Waals surface area contributed by atoms with Gasteiger partial charge in [-0.15, -0.1) is 10.2 Å². The minimum Gasteiger partial charge on any atom is -0.381 e. The first-order chi connectivity index (χ1) is 12.9. The van der Waals surface area contributed by atoms with Crippen LogP contribution in [0.5, 0.6) is 0 Å². The fourth-order valence-electron chi connectivity index (χ4n) is 2.79. The second-order valence-electron chi connectivity index (χ2n) is 7.92. The quantitative estimate of drug-likeness (QED) is 0.457. The Bertz CT molecular complexity index is 559. The molecule has 0 aliphatic carbocycles. The molecule has 10 heteroatoms. The summed E-state index contributed by atoms with van der Waals surface area (Å²) in [4.78, 5) is 0. The lowest BCUT2D eigenvalue weighted by Gasteiger charge is -2.23. The minimum atomic E-state index is -0.0912. The Morgan fingerprint density at radius 3 is 1.44 bits per heavy atom. The Balaban J connectivity index is 1.42. The van der Waals surface area contributed by atoms with Crippen LogP contribution in [0.25, 0.3) is 0 Å². The van der Waals surface area contributed by atoms with Gasteiger partial charge in [0.1, 0.15) is 12.7 Å². The maximum atomic E-state index is 5.69. The maximum Gasteiger partial charge on any atom is 0.138 e. The maximum absolute atomic E-state index is 5.69. The fourth-order valence-corrected chi connectivity index (χ4v) is 2.79. The van der Waals surface area contributed by atoms with Crippen LogP contribution in [0.3, 0.4) is 0 Å². The molecule has 10 nitrogen and oxygen atoms in total. The smallest absolute Gasteiger partial charge is 0.138 e. The summed E-state index contributed by atoms with van der Waals surface area (Å²) in [5, 5.41) is 22.7. The molecule has 2 rings (SSSR count). The predicted octanol–water partition coefficient (Wildman–Crippen LogP) is 1.81. The molecular formula is C17H32N8O2. The normalized spacial score (nSPS) is 12.6. The number of hydrogen-bond acceptors (Lipinski definition) is 8. The molecule has 27 heavy (non-hydrogen) atoms. The zero-order chi connectivity index (χ0) is 19.6. The monoisotopic (exact) mass is 380 g/mol. The summed E-state index contributed by atoms with van der Waals surface area (Å²) in [6, 6.07) is 0. The summed E-state index contributed by atoms with van der Waals surface area (Å²) < 4.78 is 15.0. The zero-order valence-electron chi connectivity index (χ0n) is 16.9. The molecule has 0 unspecified atom stereocenters. The average Bonchev–Trinajstić information content (AvgIpc) is 3.33. The van der Waals surface area contributed by atoms with E-state index in [1.807, 2.05) is 0 Å². The van der Waals surface area contributed by atoms with Crippen molar-refractivity contribution in [2.45, 2.75) is 70.9 Å². The summed E-state index contributed by atoms with van der Waals surface area (Å²) in [5.41, 5.74) is -0.182. The lowest BCUT2D eigenvalue weighted by molar-refractivity contribution is 0.0733. The third-order valence-electron chi connectivity index (χ3n) is 4.67. The SMILES string of the molecule is CC(C)(CCCOCCCOCCCC(C)(C)n1cnnn1)n1cnnn1. The van der Waals surface area contributed by atoms with Gasteiger partial charge in [0.15, 0.2) is 0 Å². The molecule has 2 aromatic heterocycles. The van der Waals surface area contributed by atoms with E-state index < -0.39 is 0 Å². The van der Waals surface area contributed by atoms with Crippen LogP contribution in [-0.2, 0) is 20.6 Å². The van der Waals surface area contributed by atoms with Crippen molar-refractivity contribution >= 4 is 0 Å². The van der Waals surface area contributed by atoms with Crippen LogP contribution in [0.2, 0.25) is 0 Å². The molecule has 0 spiro atoms. The molecule has 0 atom stereocenters. The molecule has 0 aliphatic rings. The van der Waals surface area contributed by atoms with E-state index in [4.69, 9.17) is 9.47 Å². The summed E-state index contributed by atoms with van der Waals surface area (Å²) in [5.74, 6) is 0. The van der Waals surface area contributed by atoms with Gasteiger partial charge in [0.05, 0.1) is 11.1 Å². The van der Waals surface area contributed by atoms with Gasteiger partial charge in [-0.05, 0) is 80.7 Å². The van der Waals surface area contributed by atoms with E-state index in [1.165, 1.54) is 0 Å². The van der Waals surface area contributed by atoms with Crippen LogP contribution in [-0.4, -0.2) is 66.8 Å². The third-order valence-corrected chi connectivity index (χ3v) is 4.67. The second kappa shape index (κ2) is 10.4. The van der Waals surface area contributed by atoms with Crippen molar-refractivity contribution in [3.8, 4) is 0 Å². The van der Waals surface area contributed by atoms with Gasteiger partial charge in [0.2, 0.25) is 0 Å². The highest BCUT2D eigenvalue weighted by molar-refractivity contribution is 4.75. The molecule has 0 fully saturated rings. The highest BCUT2D eigenvalue weighted by Crippen LogP contribution is 2.20. The first kappa shape index (κ1) is 21.4. The molecule has 0 bridgehead atoms. The Hall–Kier alpha value is -1.94. The van der Waals surface area contributed by atoms with Crippen molar-refractivity contribution in [3.05, 3.63) is 12.7 Å². The second-order valence-corrected chi connectivity index (χ2v) is 7.92. The minimum absolute atomic E-state index is 0.0912. The summed E-state index contributed by atoms with van der Waals surface area (Å²) >= 11 is 0. The Labute approximate surface area is 160 Å². The van der Waals surface area contributed by atoms with Crippen molar-refractivity contribution in [2.75, 3.05) is 26.4 Å². The highest BCUT2D eigenvalue weighted by Gasteiger charge is 2.21.